The Morgan fingerprint density at radius 1 is 1.29 bits per heavy atom. The highest BCUT2D eigenvalue weighted by Crippen LogP contribution is 2.23. The average molecular weight is 205 g/mol. The van der Waals surface area contributed by atoms with E-state index in [1.165, 1.54) is 11.8 Å². The van der Waals surface area contributed by atoms with Gasteiger partial charge in [-0.1, -0.05) is 42.1 Å². The van der Waals surface area contributed by atoms with E-state index in [1.54, 1.807) is 0 Å². The van der Waals surface area contributed by atoms with Gasteiger partial charge < -0.3 is 5.32 Å². The first-order valence-corrected chi connectivity index (χ1v) is 5.38. The van der Waals surface area contributed by atoms with E-state index in [9.17, 15) is 4.79 Å². The number of hydrogen-bond donors (Lipinski definition) is 1. The summed E-state index contributed by atoms with van der Waals surface area (Å²) in [5, 5.41) is 5.22. The topological polar surface area (TPSA) is 29.1 Å². The number of thioether (sulfide) groups is 1. The fourth-order valence-electron chi connectivity index (χ4n) is 1.31. The molecule has 1 aliphatic heterocycles. The summed E-state index contributed by atoms with van der Waals surface area (Å²) in [6.07, 6.45) is 0. The van der Waals surface area contributed by atoms with Crippen LogP contribution in [0.2, 0.25) is 0 Å². The van der Waals surface area contributed by atoms with Gasteiger partial charge in [0.1, 0.15) is 0 Å². The minimum Gasteiger partial charge on any atom is -0.374 e. The molecule has 72 valence electrons. The molecule has 0 radical (unpaired) electrons. The van der Waals surface area contributed by atoms with E-state index in [1.807, 2.05) is 42.7 Å². The molecule has 14 heavy (non-hydrogen) atoms. The molecule has 1 aromatic rings. The number of carbonyl (C=O) groups excluding carboxylic acids is 1. The molecule has 1 atom stereocenters. The monoisotopic (exact) mass is 205 g/mol. The molecule has 0 aromatic heterocycles. The Morgan fingerprint density at radius 2 is 2.00 bits per heavy atom. The molecular formula is C11H11NOS. The molecule has 1 aromatic carbocycles. The van der Waals surface area contributed by atoms with Crippen molar-refractivity contribution < 1.29 is 4.79 Å². The second-order valence-corrected chi connectivity index (χ2v) is 4.07. The predicted octanol–water partition coefficient (Wildman–Crippen LogP) is 2.24. The van der Waals surface area contributed by atoms with Gasteiger partial charge in [0.15, 0.2) is 0 Å². The molecular weight excluding hydrogens is 194 g/mol. The Hall–Kier alpha value is -1.22. The largest absolute Gasteiger partial charge is 0.374 e. The van der Waals surface area contributed by atoms with Crippen molar-refractivity contribution in [3.63, 3.8) is 0 Å². The summed E-state index contributed by atoms with van der Waals surface area (Å²) >= 11 is 1.27. The van der Waals surface area contributed by atoms with Gasteiger partial charge in [-0.25, -0.2) is 0 Å². The molecule has 2 nitrogen and oxygen atoms in total. The summed E-state index contributed by atoms with van der Waals surface area (Å²) in [4.78, 5) is 11.2. The van der Waals surface area contributed by atoms with Crippen molar-refractivity contribution in [2.24, 2.45) is 0 Å². The Kier molecular flexibility index (Phi) is 2.59. The van der Waals surface area contributed by atoms with Crippen molar-refractivity contribution in [3.05, 3.63) is 41.3 Å². The second kappa shape index (κ2) is 3.88. The molecule has 0 saturated carbocycles. The number of hydrogen-bond acceptors (Lipinski definition) is 3. The van der Waals surface area contributed by atoms with Crippen LogP contribution in [0, 0.1) is 0 Å². The smallest absolute Gasteiger partial charge is 0.215 e. The van der Waals surface area contributed by atoms with Crippen LogP contribution in [-0.4, -0.2) is 11.2 Å². The fraction of sp³-hybridized carbons (Fsp3) is 0.182. The van der Waals surface area contributed by atoms with E-state index in [-0.39, 0.29) is 11.2 Å². The van der Waals surface area contributed by atoms with Crippen LogP contribution >= 0.6 is 11.8 Å². The molecule has 1 heterocycles. The van der Waals surface area contributed by atoms with Gasteiger partial charge in [0.25, 0.3) is 0 Å². The van der Waals surface area contributed by atoms with Gasteiger partial charge >= 0.3 is 0 Å². The van der Waals surface area contributed by atoms with E-state index < -0.39 is 0 Å². The van der Waals surface area contributed by atoms with Crippen LogP contribution < -0.4 is 5.32 Å². The fourth-order valence-corrected chi connectivity index (χ4v) is 2.02. The van der Waals surface area contributed by atoms with Crippen molar-refractivity contribution in [1.82, 2.24) is 5.32 Å². The maximum atomic E-state index is 11.2. The lowest BCUT2D eigenvalue weighted by Crippen LogP contribution is -2.33. The van der Waals surface area contributed by atoms with E-state index in [0.717, 1.165) is 11.3 Å². The van der Waals surface area contributed by atoms with Gasteiger partial charge in [0, 0.05) is 11.1 Å². The van der Waals surface area contributed by atoms with Gasteiger partial charge in [-0.3, -0.25) is 4.79 Å². The summed E-state index contributed by atoms with van der Waals surface area (Å²) in [6, 6.07) is 9.92. The quantitative estimate of drug-likeness (QED) is 0.762. The molecule has 0 fully saturated rings. The highest BCUT2D eigenvalue weighted by molar-refractivity contribution is 8.16. The SMILES string of the molecule is CC1NC(c2ccccc2)=CSC1=O. The minimum absolute atomic E-state index is 0.0970. The third-order valence-electron chi connectivity index (χ3n) is 2.10. The zero-order valence-corrected chi connectivity index (χ0v) is 8.67. The molecule has 1 unspecified atom stereocenters. The van der Waals surface area contributed by atoms with Gasteiger partial charge in [0.2, 0.25) is 5.12 Å². The van der Waals surface area contributed by atoms with Crippen LogP contribution in [0.25, 0.3) is 5.70 Å². The minimum atomic E-state index is -0.0970. The molecule has 0 amide bonds. The van der Waals surface area contributed by atoms with Crippen molar-refractivity contribution in [2.45, 2.75) is 13.0 Å². The number of benzene rings is 1. The molecule has 1 N–H and O–H groups in total. The first-order valence-electron chi connectivity index (χ1n) is 4.50. The Labute approximate surface area is 87.4 Å². The predicted molar refractivity (Wildman–Crippen MR) is 59.6 cm³/mol. The van der Waals surface area contributed by atoms with Gasteiger partial charge in [-0.2, -0.15) is 0 Å². The summed E-state index contributed by atoms with van der Waals surface area (Å²) in [7, 11) is 0. The summed E-state index contributed by atoms with van der Waals surface area (Å²) in [5.74, 6) is 0. The van der Waals surface area contributed by atoms with Gasteiger partial charge in [-0.15, -0.1) is 0 Å². The second-order valence-electron chi connectivity index (χ2n) is 3.20. The molecule has 2 rings (SSSR count). The van der Waals surface area contributed by atoms with E-state index in [4.69, 9.17) is 0 Å². The van der Waals surface area contributed by atoms with Crippen LogP contribution in [0.3, 0.4) is 0 Å². The van der Waals surface area contributed by atoms with Crippen LogP contribution in [-0.2, 0) is 4.79 Å². The Morgan fingerprint density at radius 3 is 2.64 bits per heavy atom. The molecule has 3 heteroatoms. The Bertz CT molecular complexity index is 372. The van der Waals surface area contributed by atoms with Crippen molar-refractivity contribution in [3.8, 4) is 0 Å². The summed E-state index contributed by atoms with van der Waals surface area (Å²) in [6.45, 7) is 1.88. The van der Waals surface area contributed by atoms with Crippen LogP contribution in [0.15, 0.2) is 35.7 Å². The lowest BCUT2D eigenvalue weighted by atomic mass is 10.1. The zero-order valence-electron chi connectivity index (χ0n) is 7.86. The van der Waals surface area contributed by atoms with Crippen LogP contribution in [0.1, 0.15) is 12.5 Å². The van der Waals surface area contributed by atoms with Gasteiger partial charge in [0.05, 0.1) is 6.04 Å². The third-order valence-corrected chi connectivity index (χ3v) is 3.04. The molecule has 0 bridgehead atoms. The molecule has 0 spiro atoms. The Balaban J connectivity index is 2.25. The lowest BCUT2D eigenvalue weighted by Gasteiger charge is -2.20. The average Bonchev–Trinajstić information content (AvgIpc) is 2.23. The summed E-state index contributed by atoms with van der Waals surface area (Å²) in [5.41, 5.74) is 2.15. The first-order chi connectivity index (χ1) is 6.77. The molecule has 1 aliphatic rings. The van der Waals surface area contributed by atoms with E-state index >= 15 is 0 Å². The number of nitrogens with one attached hydrogen (secondary N) is 1. The third kappa shape index (κ3) is 1.82. The van der Waals surface area contributed by atoms with E-state index in [2.05, 4.69) is 5.32 Å². The van der Waals surface area contributed by atoms with Crippen LogP contribution in [0.5, 0.6) is 0 Å². The van der Waals surface area contributed by atoms with E-state index in [0.29, 0.717) is 0 Å². The standard InChI is InChI=1S/C11H11NOS/c1-8-11(13)14-7-10(12-8)9-5-3-2-4-6-9/h2-8,12H,1H3. The maximum Gasteiger partial charge on any atom is 0.215 e. The summed E-state index contributed by atoms with van der Waals surface area (Å²) < 4.78 is 0. The number of rotatable bonds is 1. The zero-order chi connectivity index (χ0) is 9.97. The number of carbonyl (C=O) groups is 1. The lowest BCUT2D eigenvalue weighted by molar-refractivity contribution is -0.112. The maximum absolute atomic E-state index is 11.2. The first kappa shape index (κ1) is 9.34. The molecule has 0 saturated heterocycles. The van der Waals surface area contributed by atoms with Gasteiger partial charge in [-0.05, 0) is 12.5 Å². The highest BCUT2D eigenvalue weighted by atomic mass is 32.2. The normalized spacial score (nSPS) is 21.4. The van der Waals surface area contributed by atoms with Crippen molar-refractivity contribution in [2.75, 3.05) is 0 Å². The van der Waals surface area contributed by atoms with Crippen molar-refractivity contribution in [1.29, 1.82) is 0 Å². The van der Waals surface area contributed by atoms with Crippen LogP contribution in [0.4, 0.5) is 0 Å². The molecule has 0 aliphatic carbocycles. The van der Waals surface area contributed by atoms with Crippen molar-refractivity contribution >= 4 is 22.6 Å². The highest BCUT2D eigenvalue weighted by Gasteiger charge is 2.19.